The largest absolute Gasteiger partial charge is 0.496 e. The molecular formula is C16H14O4. The topological polar surface area (TPSA) is 48.7 Å². The van der Waals surface area contributed by atoms with Gasteiger partial charge in [-0.2, -0.15) is 0 Å². The Labute approximate surface area is 115 Å². The summed E-state index contributed by atoms with van der Waals surface area (Å²) >= 11 is 0. The van der Waals surface area contributed by atoms with Crippen LogP contribution < -0.4 is 15.1 Å². The average Bonchev–Trinajstić information content (AvgIpc) is 2.45. The monoisotopic (exact) mass is 270 g/mol. The Hall–Kier alpha value is -2.49. The van der Waals surface area contributed by atoms with E-state index in [1.165, 1.54) is 0 Å². The summed E-state index contributed by atoms with van der Waals surface area (Å²) in [5, 5.41) is 2.16. The molecule has 3 aromatic rings. The van der Waals surface area contributed by atoms with Crippen molar-refractivity contribution in [3.63, 3.8) is 0 Å². The SMILES string of the molecule is COc1cc(OC)c2c(c1)oc(=O)c1ccc(C)cc12. The number of hydrogen-bond donors (Lipinski definition) is 0. The zero-order valence-corrected chi connectivity index (χ0v) is 11.5. The highest BCUT2D eigenvalue weighted by Crippen LogP contribution is 2.35. The summed E-state index contributed by atoms with van der Waals surface area (Å²) in [7, 11) is 3.14. The molecule has 3 rings (SSSR count). The van der Waals surface area contributed by atoms with E-state index in [9.17, 15) is 4.79 Å². The Kier molecular flexibility index (Phi) is 2.86. The highest BCUT2D eigenvalue weighted by molar-refractivity contribution is 6.08. The van der Waals surface area contributed by atoms with Crippen molar-refractivity contribution < 1.29 is 13.9 Å². The molecule has 0 aliphatic rings. The fourth-order valence-electron chi connectivity index (χ4n) is 2.39. The van der Waals surface area contributed by atoms with Gasteiger partial charge in [0, 0.05) is 17.5 Å². The molecule has 1 heterocycles. The highest BCUT2D eigenvalue weighted by Gasteiger charge is 2.13. The molecule has 0 N–H and O–H groups in total. The molecule has 0 fully saturated rings. The molecule has 20 heavy (non-hydrogen) atoms. The van der Waals surface area contributed by atoms with Gasteiger partial charge in [0.15, 0.2) is 0 Å². The maximum Gasteiger partial charge on any atom is 0.344 e. The molecule has 0 saturated heterocycles. The van der Waals surface area contributed by atoms with E-state index < -0.39 is 0 Å². The van der Waals surface area contributed by atoms with E-state index >= 15 is 0 Å². The minimum Gasteiger partial charge on any atom is -0.496 e. The van der Waals surface area contributed by atoms with Gasteiger partial charge in [-0.05, 0) is 13.0 Å². The summed E-state index contributed by atoms with van der Waals surface area (Å²) in [6.07, 6.45) is 0. The van der Waals surface area contributed by atoms with Gasteiger partial charge in [-0.25, -0.2) is 4.79 Å². The van der Waals surface area contributed by atoms with Crippen LogP contribution in [0.1, 0.15) is 5.56 Å². The van der Waals surface area contributed by atoms with E-state index in [4.69, 9.17) is 13.9 Å². The Morgan fingerprint density at radius 3 is 2.50 bits per heavy atom. The third kappa shape index (κ3) is 1.81. The second-order valence-electron chi connectivity index (χ2n) is 4.64. The predicted molar refractivity (Wildman–Crippen MR) is 77.8 cm³/mol. The normalized spacial score (nSPS) is 10.9. The lowest BCUT2D eigenvalue weighted by Crippen LogP contribution is -2.01. The number of aryl methyl sites for hydroxylation is 1. The third-order valence-electron chi connectivity index (χ3n) is 3.36. The standard InChI is InChI=1S/C16H14O4/c1-9-4-5-11-12(6-9)15-13(19-3)7-10(18-2)8-14(15)20-16(11)17/h4-8H,1-3H3. The van der Waals surface area contributed by atoms with Crippen molar-refractivity contribution in [3.8, 4) is 11.5 Å². The molecule has 0 unspecified atom stereocenters. The highest BCUT2D eigenvalue weighted by atomic mass is 16.5. The molecule has 0 spiro atoms. The van der Waals surface area contributed by atoms with Crippen LogP contribution in [0.3, 0.4) is 0 Å². The summed E-state index contributed by atoms with van der Waals surface area (Å²) in [5.74, 6) is 1.21. The fraction of sp³-hybridized carbons (Fsp3) is 0.188. The predicted octanol–water partition coefficient (Wildman–Crippen LogP) is 3.27. The molecule has 4 nitrogen and oxygen atoms in total. The van der Waals surface area contributed by atoms with Crippen molar-refractivity contribution >= 4 is 21.7 Å². The Bertz CT molecular complexity index is 862. The third-order valence-corrected chi connectivity index (χ3v) is 3.36. The molecular weight excluding hydrogens is 256 g/mol. The van der Waals surface area contributed by atoms with E-state index in [0.29, 0.717) is 22.5 Å². The molecule has 2 aromatic carbocycles. The number of fused-ring (bicyclic) bond motifs is 3. The number of benzene rings is 2. The minimum absolute atomic E-state index is 0.359. The second-order valence-corrected chi connectivity index (χ2v) is 4.64. The molecule has 0 aliphatic heterocycles. The quantitative estimate of drug-likeness (QED) is 0.529. The van der Waals surface area contributed by atoms with E-state index in [2.05, 4.69) is 0 Å². The van der Waals surface area contributed by atoms with Crippen molar-refractivity contribution in [1.29, 1.82) is 0 Å². The van der Waals surface area contributed by atoms with E-state index in [1.54, 1.807) is 32.4 Å². The summed E-state index contributed by atoms with van der Waals surface area (Å²) in [4.78, 5) is 12.1. The van der Waals surface area contributed by atoms with Crippen LogP contribution in [-0.2, 0) is 0 Å². The Balaban J connectivity index is 2.58. The number of rotatable bonds is 2. The van der Waals surface area contributed by atoms with Crippen molar-refractivity contribution in [2.45, 2.75) is 6.92 Å². The van der Waals surface area contributed by atoms with Crippen LogP contribution in [-0.4, -0.2) is 14.2 Å². The van der Waals surface area contributed by atoms with Gasteiger partial charge < -0.3 is 13.9 Å². The maximum atomic E-state index is 12.1. The smallest absolute Gasteiger partial charge is 0.344 e. The van der Waals surface area contributed by atoms with E-state index in [1.807, 2.05) is 19.1 Å². The summed E-state index contributed by atoms with van der Waals surface area (Å²) in [5.41, 5.74) is 1.18. The molecule has 0 amide bonds. The lowest BCUT2D eigenvalue weighted by Gasteiger charge is -2.10. The Morgan fingerprint density at radius 1 is 1.00 bits per heavy atom. The van der Waals surface area contributed by atoms with Crippen LogP contribution in [0.15, 0.2) is 39.5 Å². The molecule has 0 atom stereocenters. The van der Waals surface area contributed by atoms with Crippen LogP contribution >= 0.6 is 0 Å². The lowest BCUT2D eigenvalue weighted by atomic mass is 10.0. The molecule has 102 valence electrons. The van der Waals surface area contributed by atoms with Gasteiger partial charge in [-0.3, -0.25) is 0 Å². The van der Waals surface area contributed by atoms with Gasteiger partial charge in [-0.15, -0.1) is 0 Å². The second kappa shape index (κ2) is 4.56. The maximum absolute atomic E-state index is 12.1. The number of hydrogen-bond acceptors (Lipinski definition) is 4. The van der Waals surface area contributed by atoms with Crippen LogP contribution in [0.25, 0.3) is 21.7 Å². The van der Waals surface area contributed by atoms with Crippen LogP contribution in [0.4, 0.5) is 0 Å². The fourth-order valence-corrected chi connectivity index (χ4v) is 2.39. The first kappa shape index (κ1) is 12.5. The molecule has 0 radical (unpaired) electrons. The lowest BCUT2D eigenvalue weighted by molar-refractivity contribution is 0.396. The van der Waals surface area contributed by atoms with E-state index in [-0.39, 0.29) is 5.63 Å². The number of methoxy groups -OCH3 is 2. The van der Waals surface area contributed by atoms with Crippen molar-refractivity contribution in [2.75, 3.05) is 14.2 Å². The average molecular weight is 270 g/mol. The van der Waals surface area contributed by atoms with Gasteiger partial charge in [0.25, 0.3) is 0 Å². The molecule has 0 aliphatic carbocycles. The van der Waals surface area contributed by atoms with Crippen LogP contribution in [0.2, 0.25) is 0 Å². The van der Waals surface area contributed by atoms with E-state index in [0.717, 1.165) is 16.3 Å². The Morgan fingerprint density at radius 2 is 1.80 bits per heavy atom. The van der Waals surface area contributed by atoms with Gasteiger partial charge in [0.2, 0.25) is 0 Å². The van der Waals surface area contributed by atoms with Gasteiger partial charge in [0.1, 0.15) is 17.1 Å². The first-order valence-corrected chi connectivity index (χ1v) is 6.23. The van der Waals surface area contributed by atoms with Crippen LogP contribution in [0.5, 0.6) is 11.5 Å². The van der Waals surface area contributed by atoms with Gasteiger partial charge in [0.05, 0.1) is 25.0 Å². The van der Waals surface area contributed by atoms with Crippen molar-refractivity contribution in [2.24, 2.45) is 0 Å². The molecule has 1 aromatic heterocycles. The summed E-state index contributed by atoms with van der Waals surface area (Å²) < 4.78 is 16.0. The van der Waals surface area contributed by atoms with Gasteiger partial charge >= 0.3 is 5.63 Å². The minimum atomic E-state index is -0.359. The first-order valence-electron chi connectivity index (χ1n) is 6.23. The molecule has 4 heteroatoms. The molecule has 0 saturated carbocycles. The summed E-state index contributed by atoms with van der Waals surface area (Å²) in [6, 6.07) is 9.11. The molecule has 0 bridgehead atoms. The van der Waals surface area contributed by atoms with Crippen molar-refractivity contribution in [3.05, 3.63) is 46.3 Å². The number of ether oxygens (including phenoxy) is 2. The van der Waals surface area contributed by atoms with Crippen LogP contribution in [0, 0.1) is 6.92 Å². The van der Waals surface area contributed by atoms with Crippen molar-refractivity contribution in [1.82, 2.24) is 0 Å². The zero-order chi connectivity index (χ0) is 14.3. The first-order chi connectivity index (χ1) is 9.63. The van der Waals surface area contributed by atoms with Gasteiger partial charge in [-0.1, -0.05) is 17.7 Å². The summed E-state index contributed by atoms with van der Waals surface area (Å²) in [6.45, 7) is 1.98. The zero-order valence-electron chi connectivity index (χ0n) is 11.5.